The van der Waals surface area contributed by atoms with Gasteiger partial charge < -0.3 is 24.3 Å². The smallest absolute Gasteiger partial charge is 0.322 e. The molecule has 4 rings (SSSR count). The van der Waals surface area contributed by atoms with Crippen LogP contribution in [0.15, 0.2) is 54.7 Å². The van der Waals surface area contributed by atoms with E-state index >= 15 is 0 Å². The molecule has 0 fully saturated rings. The van der Waals surface area contributed by atoms with E-state index in [0.29, 0.717) is 28.8 Å². The number of hydrogen-bond acceptors (Lipinski definition) is 3. The minimum Gasteiger partial charge on any atom is -0.495 e. The summed E-state index contributed by atoms with van der Waals surface area (Å²) in [5.41, 5.74) is 3.76. The highest BCUT2D eigenvalue weighted by Gasteiger charge is 2.31. The van der Waals surface area contributed by atoms with Gasteiger partial charge in [0.1, 0.15) is 11.5 Å². The number of carbonyl (C=O) groups is 1. The van der Waals surface area contributed by atoms with Crippen LogP contribution in [0.3, 0.4) is 0 Å². The number of para-hydroxylation sites is 1. The summed E-state index contributed by atoms with van der Waals surface area (Å²) in [5.74, 6) is 0.968. The van der Waals surface area contributed by atoms with Gasteiger partial charge in [-0.2, -0.15) is 0 Å². The number of benzene rings is 2. The fourth-order valence-electron chi connectivity index (χ4n) is 4.01. The average molecular weight is 426 g/mol. The number of amides is 2. The normalized spacial score (nSPS) is 15.1. The van der Waals surface area contributed by atoms with Crippen molar-refractivity contribution in [3.63, 3.8) is 0 Å². The van der Waals surface area contributed by atoms with Gasteiger partial charge in [-0.3, -0.25) is 0 Å². The van der Waals surface area contributed by atoms with Crippen LogP contribution >= 0.6 is 11.6 Å². The summed E-state index contributed by atoms with van der Waals surface area (Å²) in [4.78, 5) is 15.3. The van der Waals surface area contributed by atoms with Crippen LogP contribution in [0.5, 0.6) is 11.5 Å². The van der Waals surface area contributed by atoms with E-state index < -0.39 is 0 Å². The monoisotopic (exact) mass is 425 g/mol. The molecule has 0 spiro atoms. The lowest BCUT2D eigenvalue weighted by molar-refractivity contribution is 0.181. The van der Waals surface area contributed by atoms with Gasteiger partial charge >= 0.3 is 6.03 Å². The Kier molecular flexibility index (Phi) is 5.59. The van der Waals surface area contributed by atoms with Crippen LogP contribution in [0.4, 0.5) is 10.5 Å². The molecule has 1 N–H and O–H groups in total. The second-order valence-corrected chi connectivity index (χ2v) is 7.51. The molecule has 0 unspecified atom stereocenters. The van der Waals surface area contributed by atoms with Gasteiger partial charge in [-0.05, 0) is 36.2 Å². The Labute approximate surface area is 181 Å². The molecule has 1 aliphatic heterocycles. The number of nitrogens with zero attached hydrogens (tertiary/aromatic N) is 2. The molecule has 1 aromatic heterocycles. The quantitative estimate of drug-likeness (QED) is 0.587. The summed E-state index contributed by atoms with van der Waals surface area (Å²) >= 11 is 6.28. The Hall–Kier alpha value is -3.12. The third kappa shape index (κ3) is 3.48. The van der Waals surface area contributed by atoms with Crippen LogP contribution in [0.1, 0.15) is 30.6 Å². The molecular formula is C23H24ClN3O3. The third-order valence-electron chi connectivity index (χ3n) is 5.45. The number of urea groups is 1. The summed E-state index contributed by atoms with van der Waals surface area (Å²) in [6.45, 7) is 2.58. The average Bonchev–Trinajstić information content (AvgIpc) is 3.18. The van der Waals surface area contributed by atoms with Gasteiger partial charge in [-0.1, -0.05) is 36.7 Å². The second-order valence-electron chi connectivity index (χ2n) is 7.10. The summed E-state index contributed by atoms with van der Waals surface area (Å²) in [6.07, 6.45) is 2.83. The number of methoxy groups -OCH3 is 2. The van der Waals surface area contributed by atoms with Crippen molar-refractivity contribution in [3.8, 4) is 17.2 Å². The molecule has 2 aromatic carbocycles. The van der Waals surface area contributed by atoms with Gasteiger partial charge in [-0.25, -0.2) is 4.79 Å². The zero-order chi connectivity index (χ0) is 21.3. The standard InChI is InChI=1S/C23H24ClN3O3/c1-4-18-20-10-7-11-26(20)19-9-6-5-8-15(19)14-27(18)23(28)25-17-12-16(24)21(29-2)13-22(17)30-3/h5-13,18H,4,14H2,1-3H3,(H,25,28)/t18-/m0/s1. The number of fused-ring (bicyclic) bond motifs is 3. The summed E-state index contributed by atoms with van der Waals surface area (Å²) < 4.78 is 12.8. The molecule has 6 nitrogen and oxygen atoms in total. The Morgan fingerprint density at radius 2 is 1.90 bits per heavy atom. The Morgan fingerprint density at radius 3 is 2.63 bits per heavy atom. The highest BCUT2D eigenvalue weighted by Crippen LogP contribution is 2.38. The highest BCUT2D eigenvalue weighted by molar-refractivity contribution is 6.32. The molecule has 1 atom stereocenters. The molecule has 3 aromatic rings. The van der Waals surface area contributed by atoms with E-state index in [1.165, 1.54) is 7.11 Å². The number of halogens is 1. The molecule has 2 amide bonds. The van der Waals surface area contributed by atoms with E-state index in [1.54, 1.807) is 19.2 Å². The van der Waals surface area contributed by atoms with Gasteiger partial charge in [0.15, 0.2) is 0 Å². The SMILES string of the molecule is CC[C@H]1c2cccn2-c2ccccc2CN1C(=O)Nc1cc(Cl)c(OC)cc1OC. The van der Waals surface area contributed by atoms with Gasteiger partial charge in [0.05, 0.1) is 43.2 Å². The zero-order valence-corrected chi connectivity index (χ0v) is 17.9. The van der Waals surface area contributed by atoms with Crippen molar-refractivity contribution in [2.24, 2.45) is 0 Å². The fourth-order valence-corrected chi connectivity index (χ4v) is 4.25. The Balaban J connectivity index is 1.72. The maximum Gasteiger partial charge on any atom is 0.322 e. The lowest BCUT2D eigenvalue weighted by Crippen LogP contribution is -2.37. The van der Waals surface area contributed by atoms with Crippen molar-refractivity contribution in [2.45, 2.75) is 25.9 Å². The van der Waals surface area contributed by atoms with Gasteiger partial charge in [0.25, 0.3) is 0 Å². The first-order valence-corrected chi connectivity index (χ1v) is 10.2. The molecule has 0 radical (unpaired) electrons. The largest absolute Gasteiger partial charge is 0.495 e. The molecule has 0 bridgehead atoms. The predicted molar refractivity (Wildman–Crippen MR) is 118 cm³/mol. The summed E-state index contributed by atoms with van der Waals surface area (Å²) in [7, 11) is 3.08. The number of ether oxygens (including phenoxy) is 2. The van der Waals surface area contributed by atoms with E-state index in [1.807, 2.05) is 29.3 Å². The molecule has 7 heteroatoms. The number of hydrogen-bond donors (Lipinski definition) is 1. The van der Waals surface area contributed by atoms with Crippen molar-refractivity contribution in [3.05, 3.63) is 71.0 Å². The topological polar surface area (TPSA) is 55.7 Å². The van der Waals surface area contributed by atoms with Crippen molar-refractivity contribution < 1.29 is 14.3 Å². The van der Waals surface area contributed by atoms with E-state index in [9.17, 15) is 4.79 Å². The first-order valence-electron chi connectivity index (χ1n) is 9.82. The first kappa shape index (κ1) is 20.2. The molecule has 0 saturated carbocycles. The first-order chi connectivity index (χ1) is 14.6. The Bertz CT molecular complexity index is 1080. The fraction of sp³-hybridized carbons (Fsp3) is 0.261. The maximum atomic E-state index is 13.4. The molecule has 1 aliphatic rings. The van der Waals surface area contributed by atoms with Crippen LogP contribution in [-0.4, -0.2) is 29.7 Å². The predicted octanol–water partition coefficient (Wildman–Crippen LogP) is 5.65. The van der Waals surface area contributed by atoms with E-state index in [0.717, 1.165) is 23.4 Å². The molecule has 30 heavy (non-hydrogen) atoms. The van der Waals surface area contributed by atoms with Crippen molar-refractivity contribution in [1.82, 2.24) is 9.47 Å². The summed E-state index contributed by atoms with van der Waals surface area (Å²) in [6, 6.07) is 15.3. The van der Waals surface area contributed by atoms with Gasteiger partial charge in [0, 0.05) is 18.0 Å². The van der Waals surface area contributed by atoms with Crippen molar-refractivity contribution in [2.75, 3.05) is 19.5 Å². The number of anilines is 1. The maximum absolute atomic E-state index is 13.4. The molecule has 156 valence electrons. The lowest BCUT2D eigenvalue weighted by Gasteiger charge is -2.30. The molecule has 0 saturated heterocycles. The minimum atomic E-state index is -0.217. The van der Waals surface area contributed by atoms with Gasteiger partial charge in [0.2, 0.25) is 0 Å². The van der Waals surface area contributed by atoms with Crippen LogP contribution in [0, 0.1) is 0 Å². The number of aromatic nitrogens is 1. The number of nitrogens with one attached hydrogen (secondary N) is 1. The van der Waals surface area contributed by atoms with Crippen LogP contribution in [0.2, 0.25) is 5.02 Å². The van der Waals surface area contributed by atoms with Crippen molar-refractivity contribution in [1.29, 1.82) is 0 Å². The summed E-state index contributed by atoms with van der Waals surface area (Å²) in [5, 5.41) is 3.38. The number of rotatable bonds is 4. The zero-order valence-electron chi connectivity index (χ0n) is 17.2. The van der Waals surface area contributed by atoms with Crippen LogP contribution in [0.25, 0.3) is 5.69 Å². The van der Waals surface area contributed by atoms with Crippen molar-refractivity contribution >= 4 is 23.3 Å². The van der Waals surface area contributed by atoms with Gasteiger partial charge in [-0.15, -0.1) is 0 Å². The Morgan fingerprint density at radius 1 is 1.13 bits per heavy atom. The molecular weight excluding hydrogens is 402 g/mol. The third-order valence-corrected chi connectivity index (χ3v) is 5.75. The van der Waals surface area contributed by atoms with E-state index in [2.05, 4.69) is 35.0 Å². The lowest BCUT2D eigenvalue weighted by atomic mass is 10.1. The minimum absolute atomic E-state index is 0.0767. The second kappa shape index (κ2) is 8.32. The van der Waals surface area contributed by atoms with E-state index in [-0.39, 0.29) is 12.1 Å². The highest BCUT2D eigenvalue weighted by atomic mass is 35.5. The number of carbonyl (C=O) groups excluding carboxylic acids is 1. The molecule has 2 heterocycles. The van der Waals surface area contributed by atoms with Crippen LogP contribution in [-0.2, 0) is 6.54 Å². The van der Waals surface area contributed by atoms with Crippen LogP contribution < -0.4 is 14.8 Å². The molecule has 0 aliphatic carbocycles. The van der Waals surface area contributed by atoms with E-state index in [4.69, 9.17) is 21.1 Å².